The number of benzene rings is 1. The van der Waals surface area contributed by atoms with Crippen LogP contribution in [-0.2, 0) is 4.79 Å². The number of halogens is 1. The topological polar surface area (TPSA) is 50.4 Å². The van der Waals surface area contributed by atoms with E-state index in [9.17, 15) is 4.79 Å². The van der Waals surface area contributed by atoms with Crippen LogP contribution in [0.4, 0.5) is 0 Å². The van der Waals surface area contributed by atoms with E-state index in [0.717, 1.165) is 30.8 Å². The van der Waals surface area contributed by atoms with Crippen LogP contribution < -0.4 is 15.4 Å². The molecule has 2 atom stereocenters. The first-order valence-corrected chi connectivity index (χ1v) is 8.40. The third-order valence-corrected chi connectivity index (χ3v) is 5.23. The van der Waals surface area contributed by atoms with Gasteiger partial charge in [-0.25, -0.2) is 0 Å². The maximum Gasteiger partial charge on any atom is 0.227 e. The lowest BCUT2D eigenvalue weighted by Crippen LogP contribution is -2.48. The minimum Gasteiger partial charge on any atom is -0.491 e. The molecule has 128 valence electrons. The third kappa shape index (κ3) is 3.81. The average molecular weight is 339 g/mol. The van der Waals surface area contributed by atoms with Crippen LogP contribution in [0.5, 0.6) is 5.75 Å². The Bertz CT molecular complexity index is 538. The number of fused-ring (bicyclic) bond motifs is 1. The van der Waals surface area contributed by atoms with Gasteiger partial charge >= 0.3 is 0 Å². The zero-order valence-corrected chi connectivity index (χ0v) is 14.6. The van der Waals surface area contributed by atoms with E-state index >= 15 is 0 Å². The maximum atomic E-state index is 12.7. The number of hydrogen-bond donors (Lipinski definition) is 2. The fourth-order valence-electron chi connectivity index (χ4n) is 3.91. The van der Waals surface area contributed by atoms with Crippen LogP contribution in [0.15, 0.2) is 24.3 Å². The van der Waals surface area contributed by atoms with Crippen molar-refractivity contribution in [1.82, 2.24) is 10.6 Å². The minimum absolute atomic E-state index is 0. The number of para-hydroxylation sites is 1. The minimum atomic E-state index is -0.166. The summed E-state index contributed by atoms with van der Waals surface area (Å²) in [5, 5.41) is 6.52. The van der Waals surface area contributed by atoms with Crippen LogP contribution in [0.2, 0.25) is 0 Å². The van der Waals surface area contributed by atoms with Crippen LogP contribution in [0, 0.1) is 18.3 Å². The highest BCUT2D eigenvalue weighted by Crippen LogP contribution is 2.43. The number of nitrogens with one attached hydrogen (secondary N) is 2. The zero-order valence-electron chi connectivity index (χ0n) is 13.8. The van der Waals surface area contributed by atoms with E-state index < -0.39 is 0 Å². The summed E-state index contributed by atoms with van der Waals surface area (Å²) >= 11 is 0. The van der Waals surface area contributed by atoms with E-state index in [1.54, 1.807) is 0 Å². The second-order valence-electron chi connectivity index (χ2n) is 6.60. The van der Waals surface area contributed by atoms with E-state index in [0.29, 0.717) is 19.1 Å². The van der Waals surface area contributed by atoms with E-state index in [2.05, 4.69) is 10.6 Å². The number of ether oxygens (including phenoxy) is 1. The summed E-state index contributed by atoms with van der Waals surface area (Å²) in [5.41, 5.74) is 0.959. The monoisotopic (exact) mass is 338 g/mol. The molecule has 1 aromatic carbocycles. The van der Waals surface area contributed by atoms with Gasteiger partial charge in [-0.05, 0) is 43.9 Å². The van der Waals surface area contributed by atoms with Crippen LogP contribution >= 0.6 is 12.4 Å². The molecule has 0 bridgehead atoms. The van der Waals surface area contributed by atoms with Crippen molar-refractivity contribution in [3.05, 3.63) is 29.8 Å². The Morgan fingerprint density at radius 3 is 3.04 bits per heavy atom. The van der Waals surface area contributed by atoms with Crippen molar-refractivity contribution in [1.29, 1.82) is 0 Å². The van der Waals surface area contributed by atoms with Gasteiger partial charge in [0, 0.05) is 6.54 Å². The highest BCUT2D eigenvalue weighted by atomic mass is 35.5. The second kappa shape index (κ2) is 8.02. The number of amides is 1. The van der Waals surface area contributed by atoms with Gasteiger partial charge < -0.3 is 15.4 Å². The summed E-state index contributed by atoms with van der Waals surface area (Å²) in [6.07, 6.45) is 4.64. The molecule has 23 heavy (non-hydrogen) atoms. The molecule has 1 saturated carbocycles. The van der Waals surface area contributed by atoms with Crippen molar-refractivity contribution in [3.8, 4) is 5.75 Å². The molecular weight excluding hydrogens is 312 g/mol. The quantitative estimate of drug-likeness (QED) is 0.812. The molecular formula is C18H27ClN2O2. The number of carbonyl (C=O) groups is 1. The lowest BCUT2D eigenvalue weighted by atomic mass is 9.67. The molecule has 2 N–H and O–H groups in total. The van der Waals surface area contributed by atoms with E-state index in [1.807, 2.05) is 31.2 Å². The lowest BCUT2D eigenvalue weighted by Gasteiger charge is -2.37. The maximum absolute atomic E-state index is 12.7. The molecule has 1 aliphatic carbocycles. The number of hydrogen-bond acceptors (Lipinski definition) is 3. The zero-order chi connectivity index (χ0) is 15.4. The first kappa shape index (κ1) is 18.1. The summed E-state index contributed by atoms with van der Waals surface area (Å²) in [6.45, 7) is 4.95. The third-order valence-electron chi connectivity index (χ3n) is 5.23. The Morgan fingerprint density at radius 2 is 2.22 bits per heavy atom. The molecule has 0 radical (unpaired) electrons. The smallest absolute Gasteiger partial charge is 0.227 e. The van der Waals surface area contributed by atoms with Gasteiger partial charge in [0.05, 0.1) is 12.0 Å². The van der Waals surface area contributed by atoms with Crippen LogP contribution in [-0.4, -0.2) is 32.1 Å². The Morgan fingerprint density at radius 1 is 1.39 bits per heavy atom. The summed E-state index contributed by atoms with van der Waals surface area (Å²) in [5.74, 6) is 1.63. The van der Waals surface area contributed by atoms with Crippen LogP contribution in [0.3, 0.4) is 0 Å². The molecule has 0 unspecified atom stereocenters. The van der Waals surface area contributed by atoms with Gasteiger partial charge in [-0.2, -0.15) is 0 Å². The van der Waals surface area contributed by atoms with Gasteiger partial charge in [0.1, 0.15) is 12.4 Å². The predicted molar refractivity (Wildman–Crippen MR) is 94.2 cm³/mol. The SMILES string of the molecule is Cc1ccccc1OCCNC(=O)[C@@]12CCCC[C@H]1CNC2.Cl. The molecule has 1 heterocycles. The highest BCUT2D eigenvalue weighted by molar-refractivity contribution is 5.85. The number of rotatable bonds is 5. The van der Waals surface area contributed by atoms with E-state index in [1.165, 1.54) is 19.3 Å². The van der Waals surface area contributed by atoms with Crippen molar-refractivity contribution >= 4 is 18.3 Å². The van der Waals surface area contributed by atoms with E-state index in [-0.39, 0.29) is 23.7 Å². The molecule has 2 fully saturated rings. The van der Waals surface area contributed by atoms with Gasteiger partial charge in [0.2, 0.25) is 5.91 Å². The first-order valence-electron chi connectivity index (χ1n) is 8.40. The summed E-state index contributed by atoms with van der Waals surface area (Å²) in [4.78, 5) is 12.7. The lowest BCUT2D eigenvalue weighted by molar-refractivity contribution is -0.134. The molecule has 0 spiro atoms. The van der Waals surface area contributed by atoms with Gasteiger partial charge in [0.25, 0.3) is 0 Å². The Labute approximate surface area is 144 Å². The Hall–Kier alpha value is -1.26. The van der Waals surface area contributed by atoms with Crippen molar-refractivity contribution < 1.29 is 9.53 Å². The molecule has 2 aliphatic rings. The van der Waals surface area contributed by atoms with Gasteiger partial charge in [-0.1, -0.05) is 31.0 Å². The van der Waals surface area contributed by atoms with E-state index in [4.69, 9.17) is 4.74 Å². The molecule has 3 rings (SSSR count). The molecule has 0 aromatic heterocycles. The molecule has 1 aliphatic heterocycles. The Balaban J connectivity index is 0.00000192. The molecule has 1 saturated heterocycles. The van der Waals surface area contributed by atoms with Gasteiger partial charge in [-0.15, -0.1) is 12.4 Å². The highest BCUT2D eigenvalue weighted by Gasteiger charge is 2.49. The van der Waals surface area contributed by atoms with Crippen molar-refractivity contribution in [2.24, 2.45) is 11.3 Å². The van der Waals surface area contributed by atoms with Crippen molar-refractivity contribution in [2.75, 3.05) is 26.2 Å². The molecule has 4 nitrogen and oxygen atoms in total. The number of aryl methyl sites for hydroxylation is 1. The van der Waals surface area contributed by atoms with Gasteiger partial charge in [-0.3, -0.25) is 4.79 Å². The van der Waals surface area contributed by atoms with Crippen molar-refractivity contribution in [3.63, 3.8) is 0 Å². The van der Waals surface area contributed by atoms with Gasteiger partial charge in [0.15, 0.2) is 0 Å². The predicted octanol–water partition coefficient (Wildman–Crippen LogP) is 2.69. The summed E-state index contributed by atoms with van der Waals surface area (Å²) < 4.78 is 5.75. The Kier molecular flexibility index (Phi) is 6.31. The average Bonchev–Trinajstić information content (AvgIpc) is 2.98. The fourth-order valence-corrected chi connectivity index (χ4v) is 3.91. The van der Waals surface area contributed by atoms with Crippen molar-refractivity contribution in [2.45, 2.75) is 32.6 Å². The summed E-state index contributed by atoms with van der Waals surface area (Å²) in [6, 6.07) is 7.97. The normalized spacial score (nSPS) is 26.0. The molecule has 1 amide bonds. The molecule has 5 heteroatoms. The van der Waals surface area contributed by atoms with Crippen LogP contribution in [0.25, 0.3) is 0 Å². The second-order valence-corrected chi connectivity index (χ2v) is 6.60. The summed E-state index contributed by atoms with van der Waals surface area (Å²) in [7, 11) is 0. The van der Waals surface area contributed by atoms with Crippen LogP contribution in [0.1, 0.15) is 31.2 Å². The molecule has 1 aromatic rings. The largest absolute Gasteiger partial charge is 0.491 e. The standard InChI is InChI=1S/C18H26N2O2.ClH/c1-14-6-2-3-8-16(14)22-11-10-20-17(21)18-9-5-4-7-15(18)12-19-13-18;/h2-3,6,8,15,19H,4-5,7,9-13H2,1H3,(H,20,21);1H/t15-,18+;/m0./s1. The number of carbonyl (C=O) groups excluding carboxylic acids is 1. The fraction of sp³-hybridized carbons (Fsp3) is 0.611. The first-order chi connectivity index (χ1) is 10.7.